The number of fused-ring (bicyclic) bond motifs is 1. The Morgan fingerprint density at radius 2 is 1.51 bits per heavy atom. The van der Waals surface area contributed by atoms with Gasteiger partial charge in [-0.05, 0) is 29.0 Å². The van der Waals surface area contributed by atoms with Gasteiger partial charge in [0.05, 0.1) is 19.3 Å². The Kier molecular flexibility index (Phi) is 9.21. The van der Waals surface area contributed by atoms with E-state index in [4.69, 9.17) is 9.47 Å². The van der Waals surface area contributed by atoms with Crippen molar-refractivity contribution in [2.24, 2.45) is 0 Å². The molecule has 1 heterocycles. The maximum absolute atomic E-state index is 13.0. The molecule has 0 aliphatic rings. The van der Waals surface area contributed by atoms with Gasteiger partial charge in [0.2, 0.25) is 5.91 Å². The van der Waals surface area contributed by atoms with Gasteiger partial charge in [0.15, 0.2) is 0 Å². The number of anilines is 1. The summed E-state index contributed by atoms with van der Waals surface area (Å²) >= 11 is 0. The molecule has 0 radical (unpaired) electrons. The number of nitrogens with one attached hydrogen (secondary N) is 1. The van der Waals surface area contributed by atoms with Gasteiger partial charge in [0.1, 0.15) is 12.4 Å². The van der Waals surface area contributed by atoms with Crippen molar-refractivity contribution in [3.05, 3.63) is 108 Å². The van der Waals surface area contributed by atoms with Gasteiger partial charge in [0, 0.05) is 25.1 Å². The summed E-state index contributed by atoms with van der Waals surface area (Å²) in [5, 5.41) is 4.61. The molecule has 190 valence electrons. The van der Waals surface area contributed by atoms with Crippen LogP contribution in [0.4, 0.5) is 10.6 Å². The number of aromatic nitrogens is 1. The van der Waals surface area contributed by atoms with E-state index in [1.54, 1.807) is 24.2 Å². The highest BCUT2D eigenvalue weighted by Gasteiger charge is 2.22. The van der Waals surface area contributed by atoms with Crippen LogP contribution in [0, 0.1) is 0 Å². The fraction of sp³-hybridized carbons (Fsp3) is 0.233. The number of likely N-dealkylation sites (N-methyl/N-ethyl adjacent to an activating group) is 1. The van der Waals surface area contributed by atoms with E-state index in [1.807, 2.05) is 84.9 Å². The molecule has 1 aromatic heterocycles. The zero-order chi connectivity index (χ0) is 25.9. The van der Waals surface area contributed by atoms with E-state index in [0.717, 1.165) is 21.9 Å². The molecule has 7 nitrogen and oxygen atoms in total. The summed E-state index contributed by atoms with van der Waals surface area (Å²) in [6.07, 6.45) is 2.05. The molecule has 0 fully saturated rings. The molecule has 0 aliphatic carbocycles. The maximum Gasteiger partial charge on any atom is 0.412 e. The molecule has 1 atom stereocenters. The van der Waals surface area contributed by atoms with Crippen LogP contribution in [-0.4, -0.2) is 48.2 Å². The van der Waals surface area contributed by atoms with E-state index in [9.17, 15) is 9.59 Å². The summed E-state index contributed by atoms with van der Waals surface area (Å²) in [5.74, 6) is 0.352. The molecule has 0 spiro atoms. The smallest absolute Gasteiger partial charge is 0.412 e. The molecule has 0 unspecified atom stereocenters. The average Bonchev–Trinajstić information content (AvgIpc) is 2.94. The van der Waals surface area contributed by atoms with Crippen LogP contribution in [-0.2, 0) is 27.3 Å². The van der Waals surface area contributed by atoms with Crippen molar-refractivity contribution in [2.75, 3.05) is 25.6 Å². The molecular weight excluding hydrogens is 466 g/mol. The largest absolute Gasteiger partial charge is 0.447 e. The van der Waals surface area contributed by atoms with Crippen molar-refractivity contribution in [2.45, 2.75) is 25.5 Å². The Morgan fingerprint density at radius 1 is 0.865 bits per heavy atom. The zero-order valence-corrected chi connectivity index (χ0v) is 20.9. The van der Waals surface area contributed by atoms with Gasteiger partial charge in [-0.1, -0.05) is 84.9 Å². The quantitative estimate of drug-likeness (QED) is 0.298. The fourth-order valence-electron chi connectivity index (χ4n) is 3.90. The summed E-state index contributed by atoms with van der Waals surface area (Å²) in [4.78, 5) is 31.4. The van der Waals surface area contributed by atoms with Gasteiger partial charge >= 0.3 is 6.09 Å². The SMILES string of the molecule is CN(C(=O)CCc1ccccc1)[C@@H](COCc1ccccc1)COC(=O)Nc1cc2ccccc2cn1. The van der Waals surface area contributed by atoms with E-state index in [2.05, 4.69) is 10.3 Å². The van der Waals surface area contributed by atoms with Gasteiger partial charge < -0.3 is 14.4 Å². The highest BCUT2D eigenvalue weighted by atomic mass is 16.6. The molecule has 0 saturated heterocycles. The summed E-state index contributed by atoms with van der Waals surface area (Å²) in [5.41, 5.74) is 2.12. The fourth-order valence-corrected chi connectivity index (χ4v) is 3.90. The minimum absolute atomic E-state index is 0.0121. The Bertz CT molecular complexity index is 1300. The molecule has 1 N–H and O–H groups in total. The van der Waals surface area contributed by atoms with Gasteiger partial charge in [0.25, 0.3) is 0 Å². The van der Waals surface area contributed by atoms with Crippen molar-refractivity contribution in [3.63, 3.8) is 0 Å². The molecule has 0 aliphatic heterocycles. The van der Waals surface area contributed by atoms with Crippen LogP contribution in [0.1, 0.15) is 17.5 Å². The number of hydrogen-bond acceptors (Lipinski definition) is 5. The van der Waals surface area contributed by atoms with Gasteiger partial charge in [-0.3, -0.25) is 10.1 Å². The molecular formula is C30H31N3O4. The normalized spacial score (nSPS) is 11.6. The second-order valence-corrected chi connectivity index (χ2v) is 8.78. The Hall–Kier alpha value is -4.23. The number of carbonyl (C=O) groups excluding carboxylic acids is 2. The molecule has 37 heavy (non-hydrogen) atoms. The molecule has 0 bridgehead atoms. The number of amides is 2. The highest BCUT2D eigenvalue weighted by molar-refractivity contribution is 5.89. The van der Waals surface area contributed by atoms with Crippen LogP contribution >= 0.6 is 0 Å². The Morgan fingerprint density at radius 3 is 2.24 bits per heavy atom. The van der Waals surface area contributed by atoms with Crippen molar-refractivity contribution in [3.8, 4) is 0 Å². The van der Waals surface area contributed by atoms with E-state index < -0.39 is 12.1 Å². The van der Waals surface area contributed by atoms with Gasteiger partial charge in [-0.25, -0.2) is 9.78 Å². The van der Waals surface area contributed by atoms with Crippen LogP contribution in [0.2, 0.25) is 0 Å². The number of rotatable bonds is 11. The molecule has 4 aromatic rings. The van der Waals surface area contributed by atoms with Crippen molar-refractivity contribution in [1.82, 2.24) is 9.88 Å². The predicted octanol–water partition coefficient (Wildman–Crippen LogP) is 5.46. The Balaban J connectivity index is 1.34. The number of aryl methyl sites for hydroxylation is 1. The third-order valence-corrected chi connectivity index (χ3v) is 6.10. The lowest BCUT2D eigenvalue weighted by Gasteiger charge is -2.28. The third kappa shape index (κ3) is 7.88. The van der Waals surface area contributed by atoms with Crippen LogP contribution in [0.5, 0.6) is 0 Å². The molecule has 3 aromatic carbocycles. The van der Waals surface area contributed by atoms with E-state index in [1.165, 1.54) is 0 Å². The highest BCUT2D eigenvalue weighted by Crippen LogP contribution is 2.16. The first-order valence-corrected chi connectivity index (χ1v) is 12.3. The minimum atomic E-state index is -0.638. The second kappa shape index (κ2) is 13.2. The van der Waals surface area contributed by atoms with Crippen molar-refractivity contribution in [1.29, 1.82) is 0 Å². The number of carbonyl (C=O) groups is 2. The summed E-state index contributed by atoms with van der Waals surface area (Å²) in [6.45, 7) is 0.613. The second-order valence-electron chi connectivity index (χ2n) is 8.78. The minimum Gasteiger partial charge on any atom is -0.447 e. The molecule has 0 saturated carbocycles. The molecule has 2 amide bonds. The monoisotopic (exact) mass is 497 g/mol. The lowest BCUT2D eigenvalue weighted by molar-refractivity contribution is -0.134. The summed E-state index contributed by atoms with van der Waals surface area (Å²) in [7, 11) is 1.72. The zero-order valence-electron chi connectivity index (χ0n) is 20.9. The Labute approximate surface area is 217 Å². The number of nitrogens with zero attached hydrogens (tertiary/aromatic N) is 2. The standard InChI is InChI=1S/C30H31N3O4/c1-33(29(34)17-16-23-10-4-2-5-11-23)27(21-36-20-24-12-6-3-7-13-24)22-37-30(35)32-28-18-25-14-8-9-15-26(25)19-31-28/h2-15,18-19,27H,16-17,20-22H2,1H3,(H,31,32,35)/t27-/m0/s1. The van der Waals surface area contributed by atoms with Crippen LogP contribution in [0.3, 0.4) is 0 Å². The topological polar surface area (TPSA) is 80.8 Å². The first-order chi connectivity index (χ1) is 18.1. The number of benzene rings is 3. The lowest BCUT2D eigenvalue weighted by atomic mass is 10.1. The third-order valence-electron chi connectivity index (χ3n) is 6.10. The van der Waals surface area contributed by atoms with Crippen LogP contribution < -0.4 is 5.32 Å². The molecule has 4 rings (SSSR count). The summed E-state index contributed by atoms with van der Waals surface area (Å²) in [6, 6.07) is 28.8. The first kappa shape index (κ1) is 25.9. The van der Waals surface area contributed by atoms with Crippen LogP contribution in [0.15, 0.2) is 97.2 Å². The van der Waals surface area contributed by atoms with E-state index in [0.29, 0.717) is 25.3 Å². The number of pyridine rings is 1. The van der Waals surface area contributed by atoms with E-state index >= 15 is 0 Å². The average molecular weight is 498 g/mol. The van der Waals surface area contributed by atoms with Gasteiger partial charge in [-0.15, -0.1) is 0 Å². The first-order valence-electron chi connectivity index (χ1n) is 12.3. The van der Waals surface area contributed by atoms with Crippen molar-refractivity contribution >= 4 is 28.6 Å². The van der Waals surface area contributed by atoms with E-state index in [-0.39, 0.29) is 19.1 Å². The van der Waals surface area contributed by atoms with Gasteiger partial charge in [-0.2, -0.15) is 0 Å². The predicted molar refractivity (Wildman–Crippen MR) is 144 cm³/mol. The summed E-state index contributed by atoms with van der Waals surface area (Å²) < 4.78 is 11.4. The lowest BCUT2D eigenvalue weighted by Crippen LogP contribution is -2.44. The molecule has 7 heteroatoms. The number of ether oxygens (including phenoxy) is 2. The maximum atomic E-state index is 13.0. The van der Waals surface area contributed by atoms with Crippen LogP contribution in [0.25, 0.3) is 10.8 Å². The number of hydrogen-bond donors (Lipinski definition) is 1. The van der Waals surface area contributed by atoms with Crippen molar-refractivity contribution < 1.29 is 19.1 Å².